The molecular formula is C18H23NO4S. The highest BCUT2D eigenvalue weighted by molar-refractivity contribution is 7.07. The van der Waals surface area contributed by atoms with Gasteiger partial charge in [-0.3, -0.25) is 4.79 Å². The molecule has 0 aliphatic carbocycles. The highest BCUT2D eigenvalue weighted by atomic mass is 32.1. The second-order valence-electron chi connectivity index (χ2n) is 5.14. The summed E-state index contributed by atoms with van der Waals surface area (Å²) in [7, 11) is 0. The van der Waals surface area contributed by atoms with Crippen molar-refractivity contribution in [1.82, 2.24) is 5.32 Å². The molecule has 0 saturated carbocycles. The quantitative estimate of drug-likeness (QED) is 0.728. The number of aliphatic hydroxyl groups is 1. The number of rotatable bonds is 9. The fraction of sp³-hybridized carbons (Fsp3) is 0.389. The van der Waals surface area contributed by atoms with Gasteiger partial charge >= 0.3 is 0 Å². The van der Waals surface area contributed by atoms with Crippen LogP contribution in [0.2, 0.25) is 0 Å². The Morgan fingerprint density at radius 2 is 1.96 bits per heavy atom. The highest BCUT2D eigenvalue weighted by Gasteiger charge is 2.13. The lowest BCUT2D eigenvalue weighted by atomic mass is 10.1. The molecule has 1 amide bonds. The number of amides is 1. The van der Waals surface area contributed by atoms with E-state index < -0.39 is 6.10 Å². The van der Waals surface area contributed by atoms with E-state index in [0.717, 1.165) is 5.56 Å². The van der Waals surface area contributed by atoms with Gasteiger partial charge in [0.1, 0.15) is 0 Å². The molecule has 5 nitrogen and oxygen atoms in total. The summed E-state index contributed by atoms with van der Waals surface area (Å²) in [6.45, 7) is 5.21. The molecule has 0 aliphatic rings. The van der Waals surface area contributed by atoms with Crippen LogP contribution < -0.4 is 14.8 Å². The molecule has 6 heteroatoms. The lowest BCUT2D eigenvalue weighted by Gasteiger charge is -2.13. The van der Waals surface area contributed by atoms with Crippen LogP contribution in [0.1, 0.15) is 42.3 Å². The van der Waals surface area contributed by atoms with Crippen molar-refractivity contribution in [1.29, 1.82) is 0 Å². The van der Waals surface area contributed by atoms with E-state index in [2.05, 4.69) is 5.32 Å². The van der Waals surface area contributed by atoms with Gasteiger partial charge in [0.2, 0.25) is 0 Å². The fourth-order valence-electron chi connectivity index (χ4n) is 2.25. The first-order valence-electron chi connectivity index (χ1n) is 8.03. The molecule has 1 unspecified atom stereocenters. The van der Waals surface area contributed by atoms with E-state index >= 15 is 0 Å². The SMILES string of the molecule is CCOc1ccc(C(=O)NCCC(O)c2ccsc2)cc1OCC. The van der Waals surface area contributed by atoms with Crippen LogP contribution >= 0.6 is 11.3 Å². The molecule has 1 aromatic heterocycles. The molecule has 0 radical (unpaired) electrons. The zero-order valence-electron chi connectivity index (χ0n) is 14.0. The van der Waals surface area contributed by atoms with E-state index in [1.807, 2.05) is 30.7 Å². The molecule has 24 heavy (non-hydrogen) atoms. The molecule has 130 valence electrons. The molecule has 2 rings (SSSR count). The number of thiophene rings is 1. The third-order valence-electron chi connectivity index (χ3n) is 3.44. The van der Waals surface area contributed by atoms with E-state index in [9.17, 15) is 9.90 Å². The number of aliphatic hydroxyl groups excluding tert-OH is 1. The predicted molar refractivity (Wildman–Crippen MR) is 95.0 cm³/mol. The van der Waals surface area contributed by atoms with Crippen molar-refractivity contribution in [3.8, 4) is 11.5 Å². The Morgan fingerprint density at radius 1 is 1.21 bits per heavy atom. The zero-order valence-corrected chi connectivity index (χ0v) is 14.8. The number of hydrogen-bond donors (Lipinski definition) is 2. The van der Waals surface area contributed by atoms with Crippen molar-refractivity contribution in [2.45, 2.75) is 26.4 Å². The molecule has 0 saturated heterocycles. The van der Waals surface area contributed by atoms with Gasteiger partial charge in [0.15, 0.2) is 11.5 Å². The molecule has 1 aromatic carbocycles. The van der Waals surface area contributed by atoms with Crippen LogP contribution in [0.5, 0.6) is 11.5 Å². The predicted octanol–water partition coefficient (Wildman–Crippen LogP) is 3.40. The van der Waals surface area contributed by atoms with Gasteiger partial charge < -0.3 is 19.9 Å². The maximum atomic E-state index is 12.3. The van der Waals surface area contributed by atoms with E-state index in [1.54, 1.807) is 29.5 Å². The molecule has 2 aromatic rings. The minimum Gasteiger partial charge on any atom is -0.490 e. The topological polar surface area (TPSA) is 67.8 Å². The molecule has 2 N–H and O–H groups in total. The van der Waals surface area contributed by atoms with E-state index in [4.69, 9.17) is 9.47 Å². The normalized spacial score (nSPS) is 11.8. The lowest BCUT2D eigenvalue weighted by Crippen LogP contribution is -2.25. The number of carbonyl (C=O) groups is 1. The Morgan fingerprint density at radius 3 is 2.62 bits per heavy atom. The van der Waals surface area contributed by atoms with Gasteiger partial charge in [0.25, 0.3) is 5.91 Å². The Bertz CT molecular complexity index is 642. The molecule has 0 spiro atoms. The fourth-order valence-corrected chi connectivity index (χ4v) is 2.96. The van der Waals surface area contributed by atoms with Gasteiger partial charge in [-0.05, 0) is 60.9 Å². The van der Waals surface area contributed by atoms with Crippen molar-refractivity contribution in [3.63, 3.8) is 0 Å². The van der Waals surface area contributed by atoms with Gasteiger partial charge in [-0.2, -0.15) is 11.3 Å². The van der Waals surface area contributed by atoms with E-state index in [-0.39, 0.29) is 5.91 Å². The smallest absolute Gasteiger partial charge is 0.251 e. The maximum absolute atomic E-state index is 12.3. The minimum atomic E-state index is -0.559. The summed E-state index contributed by atoms with van der Waals surface area (Å²) in [6.07, 6.45) is -0.0893. The van der Waals surface area contributed by atoms with Crippen molar-refractivity contribution >= 4 is 17.2 Å². The summed E-state index contributed by atoms with van der Waals surface area (Å²) < 4.78 is 11.0. The molecule has 0 fully saturated rings. The molecule has 0 aliphatic heterocycles. The standard InChI is InChI=1S/C18H23NO4S/c1-3-22-16-6-5-13(11-17(16)23-4-2)18(21)19-9-7-15(20)14-8-10-24-12-14/h5-6,8,10-12,15,20H,3-4,7,9H2,1-2H3,(H,19,21). The number of ether oxygens (including phenoxy) is 2. The Balaban J connectivity index is 1.92. The third kappa shape index (κ3) is 4.97. The highest BCUT2D eigenvalue weighted by Crippen LogP contribution is 2.28. The third-order valence-corrected chi connectivity index (χ3v) is 4.14. The summed E-state index contributed by atoms with van der Waals surface area (Å²) in [4.78, 5) is 12.3. The minimum absolute atomic E-state index is 0.198. The van der Waals surface area contributed by atoms with Crippen molar-refractivity contribution in [2.24, 2.45) is 0 Å². The van der Waals surface area contributed by atoms with Crippen molar-refractivity contribution in [2.75, 3.05) is 19.8 Å². The van der Waals surface area contributed by atoms with Gasteiger partial charge in [0, 0.05) is 12.1 Å². The Labute approximate surface area is 146 Å². The van der Waals surface area contributed by atoms with Crippen LogP contribution in [-0.4, -0.2) is 30.8 Å². The van der Waals surface area contributed by atoms with Crippen LogP contribution in [0.15, 0.2) is 35.0 Å². The summed E-state index contributed by atoms with van der Waals surface area (Å²) in [5.41, 5.74) is 1.39. The first-order chi connectivity index (χ1) is 11.7. The van der Waals surface area contributed by atoms with Crippen LogP contribution in [-0.2, 0) is 0 Å². The van der Waals surface area contributed by atoms with Crippen LogP contribution in [0.3, 0.4) is 0 Å². The lowest BCUT2D eigenvalue weighted by molar-refractivity contribution is 0.0942. The second-order valence-corrected chi connectivity index (χ2v) is 5.92. The first kappa shape index (κ1) is 18.3. The van der Waals surface area contributed by atoms with Gasteiger partial charge in [0.05, 0.1) is 19.3 Å². The summed E-state index contributed by atoms with van der Waals surface area (Å²) in [5.74, 6) is 0.991. The van der Waals surface area contributed by atoms with Crippen LogP contribution in [0, 0.1) is 0 Å². The summed E-state index contributed by atoms with van der Waals surface area (Å²) >= 11 is 1.54. The van der Waals surface area contributed by atoms with Gasteiger partial charge in [-0.1, -0.05) is 0 Å². The van der Waals surface area contributed by atoms with Gasteiger partial charge in [-0.15, -0.1) is 0 Å². The van der Waals surface area contributed by atoms with E-state index in [1.165, 1.54) is 0 Å². The first-order valence-corrected chi connectivity index (χ1v) is 8.98. The largest absolute Gasteiger partial charge is 0.490 e. The number of benzene rings is 1. The molecule has 1 atom stereocenters. The maximum Gasteiger partial charge on any atom is 0.251 e. The summed E-state index contributed by atoms with van der Waals surface area (Å²) in [5, 5.41) is 16.7. The number of nitrogens with one attached hydrogen (secondary N) is 1. The number of carbonyl (C=O) groups excluding carboxylic acids is 1. The number of hydrogen-bond acceptors (Lipinski definition) is 5. The van der Waals surface area contributed by atoms with Crippen LogP contribution in [0.25, 0.3) is 0 Å². The average Bonchev–Trinajstić information content (AvgIpc) is 3.11. The Kier molecular flexibility index (Phi) is 7.08. The van der Waals surface area contributed by atoms with Crippen LogP contribution in [0.4, 0.5) is 0 Å². The zero-order chi connectivity index (χ0) is 17.4. The monoisotopic (exact) mass is 349 g/mol. The van der Waals surface area contributed by atoms with E-state index in [0.29, 0.717) is 43.2 Å². The van der Waals surface area contributed by atoms with Crippen molar-refractivity contribution < 1.29 is 19.4 Å². The molecular weight excluding hydrogens is 326 g/mol. The van der Waals surface area contributed by atoms with Gasteiger partial charge in [-0.25, -0.2) is 0 Å². The molecule has 0 bridgehead atoms. The second kappa shape index (κ2) is 9.30. The summed E-state index contributed by atoms with van der Waals surface area (Å²) in [6, 6.07) is 7.01. The molecule has 1 heterocycles. The van der Waals surface area contributed by atoms with Crippen molar-refractivity contribution in [3.05, 3.63) is 46.2 Å². The Hall–Kier alpha value is -2.05. The average molecular weight is 349 g/mol.